The zero-order valence-electron chi connectivity index (χ0n) is 10.8. The molecular formula is C13H20N2O3. The van der Waals surface area contributed by atoms with E-state index in [0.717, 1.165) is 18.8 Å². The van der Waals surface area contributed by atoms with E-state index in [4.69, 9.17) is 15.2 Å². The van der Waals surface area contributed by atoms with E-state index < -0.39 is 5.91 Å². The fourth-order valence-electron chi connectivity index (χ4n) is 1.46. The summed E-state index contributed by atoms with van der Waals surface area (Å²) in [5, 5.41) is 3.29. The van der Waals surface area contributed by atoms with Crippen LogP contribution >= 0.6 is 0 Å². The number of hydrogen-bond acceptors (Lipinski definition) is 4. The fraction of sp³-hybridized carbons (Fsp3) is 0.462. The number of nitrogens with two attached hydrogens (primary N) is 1. The molecule has 18 heavy (non-hydrogen) atoms. The minimum atomic E-state index is -0.481. The number of methoxy groups -OCH3 is 1. The molecule has 0 heterocycles. The molecule has 5 heteroatoms. The third-order valence-electron chi connectivity index (χ3n) is 2.34. The Morgan fingerprint density at radius 2 is 2.06 bits per heavy atom. The number of primary amides is 1. The number of benzene rings is 1. The molecule has 1 aromatic rings. The van der Waals surface area contributed by atoms with E-state index in [2.05, 4.69) is 12.2 Å². The van der Waals surface area contributed by atoms with Crippen molar-refractivity contribution >= 4 is 11.6 Å². The highest BCUT2D eigenvalue weighted by atomic mass is 16.5. The maximum absolute atomic E-state index is 10.6. The molecule has 1 rings (SSSR count). The summed E-state index contributed by atoms with van der Waals surface area (Å²) in [6, 6.07) is 7.39. The lowest BCUT2D eigenvalue weighted by Gasteiger charge is -2.13. The first-order valence-corrected chi connectivity index (χ1v) is 5.85. The van der Waals surface area contributed by atoms with Gasteiger partial charge in [0.1, 0.15) is 5.75 Å². The summed E-state index contributed by atoms with van der Waals surface area (Å²) in [4.78, 5) is 10.6. The van der Waals surface area contributed by atoms with Gasteiger partial charge in [0.2, 0.25) is 0 Å². The molecule has 0 aliphatic carbocycles. The molecule has 100 valence electrons. The molecule has 5 nitrogen and oxygen atoms in total. The van der Waals surface area contributed by atoms with Gasteiger partial charge >= 0.3 is 0 Å². The molecule has 0 aliphatic heterocycles. The van der Waals surface area contributed by atoms with E-state index >= 15 is 0 Å². The first kappa shape index (κ1) is 14.3. The molecule has 0 saturated heterocycles. The Bertz CT molecular complexity index is 365. The van der Waals surface area contributed by atoms with Crippen molar-refractivity contribution in [1.29, 1.82) is 0 Å². The zero-order valence-corrected chi connectivity index (χ0v) is 10.8. The Kier molecular flexibility index (Phi) is 6.00. The van der Waals surface area contributed by atoms with E-state index in [1.54, 1.807) is 19.2 Å². The van der Waals surface area contributed by atoms with Crippen molar-refractivity contribution in [1.82, 2.24) is 0 Å². The second-order valence-electron chi connectivity index (χ2n) is 4.22. The number of anilines is 1. The molecule has 0 aliphatic rings. The van der Waals surface area contributed by atoms with Gasteiger partial charge in [-0.25, -0.2) is 0 Å². The molecule has 1 amide bonds. The summed E-state index contributed by atoms with van der Waals surface area (Å²) in [5.41, 5.74) is 6.00. The smallest absolute Gasteiger partial charge is 0.255 e. The van der Waals surface area contributed by atoms with Crippen LogP contribution in [0.5, 0.6) is 5.75 Å². The van der Waals surface area contributed by atoms with Crippen molar-refractivity contribution < 1.29 is 14.3 Å². The summed E-state index contributed by atoms with van der Waals surface area (Å²) in [6.45, 7) is 3.58. The Morgan fingerprint density at radius 1 is 1.39 bits per heavy atom. The van der Waals surface area contributed by atoms with Gasteiger partial charge in [-0.1, -0.05) is 6.92 Å². The van der Waals surface area contributed by atoms with Gasteiger partial charge < -0.3 is 20.5 Å². The summed E-state index contributed by atoms with van der Waals surface area (Å²) >= 11 is 0. The highest BCUT2D eigenvalue weighted by Crippen LogP contribution is 2.15. The summed E-state index contributed by atoms with van der Waals surface area (Å²) in [6.07, 6.45) is 0. The molecule has 0 radical (unpaired) electrons. The van der Waals surface area contributed by atoms with Gasteiger partial charge in [-0.05, 0) is 30.2 Å². The van der Waals surface area contributed by atoms with Crippen molar-refractivity contribution in [2.24, 2.45) is 11.7 Å². The number of ether oxygens (including phenoxy) is 2. The van der Waals surface area contributed by atoms with Crippen LogP contribution in [0.25, 0.3) is 0 Å². The molecule has 1 unspecified atom stereocenters. The largest absolute Gasteiger partial charge is 0.484 e. The maximum atomic E-state index is 10.6. The van der Waals surface area contributed by atoms with E-state index in [-0.39, 0.29) is 6.61 Å². The van der Waals surface area contributed by atoms with Crippen LogP contribution in [0, 0.1) is 5.92 Å². The summed E-state index contributed by atoms with van der Waals surface area (Å²) in [5.74, 6) is 0.593. The minimum Gasteiger partial charge on any atom is -0.484 e. The normalized spacial score (nSPS) is 11.9. The first-order chi connectivity index (χ1) is 8.61. The predicted octanol–water partition coefficient (Wildman–Crippen LogP) is 1.25. The molecular weight excluding hydrogens is 232 g/mol. The van der Waals surface area contributed by atoms with Crippen LogP contribution in [0.15, 0.2) is 24.3 Å². The van der Waals surface area contributed by atoms with E-state index in [1.165, 1.54) is 0 Å². The second-order valence-corrected chi connectivity index (χ2v) is 4.22. The number of carbonyl (C=O) groups is 1. The second kappa shape index (κ2) is 7.55. The standard InChI is InChI=1S/C13H20N2O3/c1-10(8-17-2)7-15-11-3-5-12(6-4-11)18-9-13(14)16/h3-6,10,15H,7-9H2,1-2H3,(H2,14,16). The number of carbonyl (C=O) groups excluding carboxylic acids is 1. The number of nitrogens with one attached hydrogen (secondary N) is 1. The Labute approximate surface area is 107 Å². The van der Waals surface area contributed by atoms with Crippen LogP contribution in [0.4, 0.5) is 5.69 Å². The van der Waals surface area contributed by atoms with Crippen LogP contribution in [0.3, 0.4) is 0 Å². The minimum absolute atomic E-state index is 0.0996. The van der Waals surface area contributed by atoms with Crippen LogP contribution < -0.4 is 15.8 Å². The highest BCUT2D eigenvalue weighted by Gasteiger charge is 2.01. The third kappa shape index (κ3) is 5.54. The average molecular weight is 252 g/mol. The lowest BCUT2D eigenvalue weighted by atomic mass is 10.2. The quantitative estimate of drug-likeness (QED) is 0.730. The van der Waals surface area contributed by atoms with Gasteiger partial charge in [-0.3, -0.25) is 4.79 Å². The summed E-state index contributed by atoms with van der Waals surface area (Å²) in [7, 11) is 1.70. The van der Waals surface area contributed by atoms with Crippen molar-refractivity contribution in [3.05, 3.63) is 24.3 Å². The molecule has 0 bridgehead atoms. The molecule has 0 saturated carbocycles. The van der Waals surface area contributed by atoms with Crippen LogP contribution in [-0.4, -0.2) is 32.8 Å². The number of rotatable bonds is 8. The molecule has 0 spiro atoms. The van der Waals surface area contributed by atoms with Gasteiger partial charge in [-0.15, -0.1) is 0 Å². The molecule has 1 aromatic carbocycles. The number of amides is 1. The molecule has 0 fully saturated rings. The van der Waals surface area contributed by atoms with Crippen LogP contribution in [0.2, 0.25) is 0 Å². The van der Waals surface area contributed by atoms with Crippen molar-refractivity contribution in [2.75, 3.05) is 32.2 Å². The molecule has 3 N–H and O–H groups in total. The Morgan fingerprint density at radius 3 is 2.61 bits per heavy atom. The van der Waals surface area contributed by atoms with E-state index in [1.807, 2.05) is 12.1 Å². The van der Waals surface area contributed by atoms with Gasteiger partial charge in [-0.2, -0.15) is 0 Å². The van der Waals surface area contributed by atoms with Gasteiger partial charge in [0, 0.05) is 19.3 Å². The zero-order chi connectivity index (χ0) is 13.4. The maximum Gasteiger partial charge on any atom is 0.255 e. The Hall–Kier alpha value is -1.75. The fourth-order valence-corrected chi connectivity index (χ4v) is 1.46. The monoisotopic (exact) mass is 252 g/mol. The lowest BCUT2D eigenvalue weighted by molar-refractivity contribution is -0.119. The first-order valence-electron chi connectivity index (χ1n) is 5.85. The van der Waals surface area contributed by atoms with Crippen molar-refractivity contribution in [3.63, 3.8) is 0 Å². The molecule has 0 aromatic heterocycles. The van der Waals surface area contributed by atoms with Crippen LogP contribution in [0.1, 0.15) is 6.92 Å². The Balaban J connectivity index is 2.38. The summed E-state index contributed by atoms with van der Waals surface area (Å²) < 4.78 is 10.2. The molecule has 1 atom stereocenters. The lowest BCUT2D eigenvalue weighted by Crippen LogP contribution is -2.20. The highest BCUT2D eigenvalue weighted by molar-refractivity contribution is 5.75. The third-order valence-corrected chi connectivity index (χ3v) is 2.34. The van der Waals surface area contributed by atoms with Crippen LogP contribution in [-0.2, 0) is 9.53 Å². The van der Waals surface area contributed by atoms with Gasteiger partial charge in [0.05, 0.1) is 6.61 Å². The van der Waals surface area contributed by atoms with Gasteiger partial charge in [0.25, 0.3) is 5.91 Å². The topological polar surface area (TPSA) is 73.6 Å². The van der Waals surface area contributed by atoms with Crippen molar-refractivity contribution in [2.45, 2.75) is 6.92 Å². The van der Waals surface area contributed by atoms with E-state index in [0.29, 0.717) is 11.7 Å². The predicted molar refractivity (Wildman–Crippen MR) is 70.7 cm³/mol. The SMILES string of the molecule is COCC(C)CNc1ccc(OCC(N)=O)cc1. The average Bonchev–Trinajstić information content (AvgIpc) is 2.35. The van der Waals surface area contributed by atoms with Crippen molar-refractivity contribution in [3.8, 4) is 5.75 Å². The van der Waals surface area contributed by atoms with E-state index in [9.17, 15) is 4.79 Å². The number of hydrogen-bond donors (Lipinski definition) is 2. The van der Waals surface area contributed by atoms with Gasteiger partial charge in [0.15, 0.2) is 6.61 Å².